The minimum Gasteiger partial charge on any atom is -0.361 e. The van der Waals surface area contributed by atoms with E-state index in [0.717, 1.165) is 12.8 Å². The Bertz CT molecular complexity index is 742. The molecule has 3 heterocycles. The topological polar surface area (TPSA) is 22.3 Å². The number of rotatable bonds is 3. The largest absolute Gasteiger partial charge is 0.361 e. The molecule has 1 saturated heterocycles. The highest BCUT2D eigenvalue weighted by atomic mass is 15.2. The molecule has 0 aliphatic carbocycles. The van der Waals surface area contributed by atoms with Crippen LogP contribution in [0.25, 0.3) is 10.9 Å². The molecule has 2 atom stereocenters. The van der Waals surface area contributed by atoms with E-state index in [0.29, 0.717) is 12.1 Å². The molecule has 1 unspecified atom stereocenters. The van der Waals surface area contributed by atoms with Crippen molar-refractivity contribution in [1.29, 1.82) is 0 Å². The molecule has 122 valence electrons. The predicted molar refractivity (Wildman–Crippen MR) is 98.0 cm³/mol. The highest BCUT2D eigenvalue weighted by Gasteiger charge is 2.24. The molecule has 0 bridgehead atoms. The molecule has 0 amide bonds. The number of likely N-dealkylation sites (tertiary alicyclic amines) is 1. The average Bonchev–Trinajstić information content (AvgIpc) is 3.21. The normalized spacial score (nSPS) is 25.5. The first-order chi connectivity index (χ1) is 11.1. The molecule has 3 heteroatoms. The quantitative estimate of drug-likeness (QED) is 0.913. The van der Waals surface area contributed by atoms with Gasteiger partial charge in [-0.1, -0.05) is 6.08 Å². The number of nitrogens with zero attached hydrogens (tertiary/aromatic N) is 2. The third-order valence-electron chi connectivity index (χ3n) is 5.73. The number of aromatic nitrogens is 1. The summed E-state index contributed by atoms with van der Waals surface area (Å²) in [4.78, 5) is 8.45. The molecule has 2 aliphatic heterocycles. The van der Waals surface area contributed by atoms with Crippen LogP contribution < -0.4 is 4.90 Å². The van der Waals surface area contributed by atoms with Crippen LogP contribution >= 0.6 is 0 Å². The van der Waals surface area contributed by atoms with Gasteiger partial charge in [0.05, 0.1) is 0 Å². The van der Waals surface area contributed by atoms with Crippen LogP contribution in [0.3, 0.4) is 0 Å². The molecule has 3 nitrogen and oxygen atoms in total. The van der Waals surface area contributed by atoms with Crippen molar-refractivity contribution in [3.05, 3.63) is 41.7 Å². The van der Waals surface area contributed by atoms with E-state index in [1.165, 1.54) is 47.2 Å². The van der Waals surface area contributed by atoms with Crippen molar-refractivity contribution in [2.45, 2.75) is 51.6 Å². The molecule has 0 spiro atoms. The van der Waals surface area contributed by atoms with Crippen LogP contribution in [0.1, 0.15) is 38.7 Å². The number of aromatic amines is 1. The number of hydrogen-bond donors (Lipinski definition) is 1. The van der Waals surface area contributed by atoms with Crippen molar-refractivity contribution in [3.63, 3.8) is 0 Å². The Hall–Kier alpha value is -1.74. The van der Waals surface area contributed by atoms with Crippen molar-refractivity contribution in [2.24, 2.45) is 0 Å². The van der Waals surface area contributed by atoms with E-state index < -0.39 is 0 Å². The van der Waals surface area contributed by atoms with Crippen LogP contribution in [0.15, 0.2) is 36.2 Å². The third kappa shape index (κ3) is 2.57. The number of allylic oxidation sites excluding steroid dienone is 1. The van der Waals surface area contributed by atoms with Crippen molar-refractivity contribution in [2.75, 3.05) is 18.5 Å². The van der Waals surface area contributed by atoms with Crippen LogP contribution in [0.5, 0.6) is 0 Å². The summed E-state index contributed by atoms with van der Waals surface area (Å²) in [5.74, 6) is 0. The lowest BCUT2D eigenvalue weighted by Gasteiger charge is -2.26. The zero-order chi connectivity index (χ0) is 16.0. The summed E-state index contributed by atoms with van der Waals surface area (Å²) in [6, 6.07) is 8.14. The van der Waals surface area contributed by atoms with Gasteiger partial charge in [-0.25, -0.2) is 0 Å². The summed E-state index contributed by atoms with van der Waals surface area (Å²) in [7, 11) is 2.26. The van der Waals surface area contributed by atoms with Gasteiger partial charge in [-0.15, -0.1) is 0 Å². The summed E-state index contributed by atoms with van der Waals surface area (Å²) in [5.41, 5.74) is 5.44. The summed E-state index contributed by atoms with van der Waals surface area (Å²) in [5, 5.41) is 1.40. The number of H-pyrrole nitrogens is 1. The number of anilines is 1. The van der Waals surface area contributed by atoms with Crippen LogP contribution in [0.4, 0.5) is 5.69 Å². The van der Waals surface area contributed by atoms with Crippen LogP contribution in [-0.4, -0.2) is 35.6 Å². The van der Waals surface area contributed by atoms with Gasteiger partial charge in [0, 0.05) is 40.6 Å². The minimum atomic E-state index is 0.566. The molecular weight excluding hydrogens is 282 g/mol. The first-order valence-corrected chi connectivity index (χ1v) is 8.90. The maximum absolute atomic E-state index is 3.47. The van der Waals surface area contributed by atoms with Gasteiger partial charge in [-0.05, 0) is 76.9 Å². The maximum atomic E-state index is 3.47. The van der Waals surface area contributed by atoms with E-state index in [-0.39, 0.29) is 0 Å². The fourth-order valence-corrected chi connectivity index (χ4v) is 4.33. The summed E-state index contributed by atoms with van der Waals surface area (Å²) in [6.45, 7) is 5.77. The fourth-order valence-electron chi connectivity index (χ4n) is 4.33. The SMILES string of the molecule is CC1=CCC(C)N1c1ccc2[nH]cc(C[C@H]3CCCN3C)c2c1. The molecule has 1 aromatic carbocycles. The van der Waals surface area contributed by atoms with Gasteiger partial charge in [0.15, 0.2) is 0 Å². The highest BCUT2D eigenvalue weighted by molar-refractivity contribution is 5.87. The number of fused-ring (bicyclic) bond motifs is 1. The first kappa shape index (κ1) is 14.8. The summed E-state index contributed by atoms with van der Waals surface area (Å²) in [6.07, 6.45) is 9.54. The van der Waals surface area contributed by atoms with Crippen molar-refractivity contribution < 1.29 is 0 Å². The number of benzene rings is 1. The Balaban J connectivity index is 1.67. The lowest BCUT2D eigenvalue weighted by molar-refractivity contribution is 0.310. The Labute approximate surface area is 139 Å². The Morgan fingerprint density at radius 3 is 2.87 bits per heavy atom. The molecule has 2 aliphatic rings. The monoisotopic (exact) mass is 309 g/mol. The predicted octanol–water partition coefficient (Wildman–Crippen LogP) is 4.31. The molecule has 0 saturated carbocycles. The van der Waals surface area contributed by atoms with E-state index in [4.69, 9.17) is 0 Å². The van der Waals surface area contributed by atoms with Crippen molar-refractivity contribution >= 4 is 16.6 Å². The average molecular weight is 309 g/mol. The fraction of sp³-hybridized carbons (Fsp3) is 0.500. The molecule has 1 fully saturated rings. The van der Waals surface area contributed by atoms with Gasteiger partial charge in [0.25, 0.3) is 0 Å². The number of likely N-dealkylation sites (N-methyl/N-ethyl adjacent to an activating group) is 1. The minimum absolute atomic E-state index is 0.566. The lowest BCUT2D eigenvalue weighted by atomic mass is 10.0. The zero-order valence-corrected chi connectivity index (χ0v) is 14.5. The Morgan fingerprint density at radius 1 is 1.30 bits per heavy atom. The molecule has 1 aromatic heterocycles. The Morgan fingerprint density at radius 2 is 2.17 bits per heavy atom. The van der Waals surface area contributed by atoms with Gasteiger partial charge in [-0.3, -0.25) is 0 Å². The summed E-state index contributed by atoms with van der Waals surface area (Å²) >= 11 is 0. The van der Waals surface area contributed by atoms with Crippen LogP contribution in [0, 0.1) is 0 Å². The molecular formula is C20H27N3. The molecule has 2 aromatic rings. The van der Waals surface area contributed by atoms with E-state index in [1.54, 1.807) is 0 Å². The van der Waals surface area contributed by atoms with Gasteiger partial charge >= 0.3 is 0 Å². The van der Waals surface area contributed by atoms with Gasteiger partial charge < -0.3 is 14.8 Å². The third-order valence-corrected chi connectivity index (χ3v) is 5.73. The van der Waals surface area contributed by atoms with Crippen LogP contribution in [0.2, 0.25) is 0 Å². The zero-order valence-electron chi connectivity index (χ0n) is 14.5. The summed E-state index contributed by atoms with van der Waals surface area (Å²) < 4.78 is 0. The molecule has 4 rings (SSSR count). The number of nitrogens with one attached hydrogen (secondary N) is 1. The smallest absolute Gasteiger partial charge is 0.0458 e. The van der Waals surface area contributed by atoms with E-state index in [2.05, 4.69) is 66.2 Å². The second-order valence-electron chi connectivity index (χ2n) is 7.32. The molecule has 0 radical (unpaired) electrons. The van der Waals surface area contributed by atoms with E-state index >= 15 is 0 Å². The van der Waals surface area contributed by atoms with Gasteiger partial charge in [0.2, 0.25) is 0 Å². The van der Waals surface area contributed by atoms with Crippen molar-refractivity contribution in [1.82, 2.24) is 9.88 Å². The first-order valence-electron chi connectivity index (χ1n) is 8.90. The van der Waals surface area contributed by atoms with Crippen molar-refractivity contribution in [3.8, 4) is 0 Å². The standard InChI is InChI=1S/C20H27N3/c1-14-6-7-15(2)23(14)18-8-9-20-19(12-18)16(13-21-20)11-17-5-4-10-22(17)3/h6,8-9,12-13,15,17,21H,4-5,7,10-11H2,1-3H3/t15?,17-/m1/s1. The van der Waals surface area contributed by atoms with Gasteiger partial charge in [-0.2, -0.15) is 0 Å². The lowest BCUT2D eigenvalue weighted by Crippen LogP contribution is -2.27. The second kappa shape index (κ2) is 5.72. The molecule has 23 heavy (non-hydrogen) atoms. The van der Waals surface area contributed by atoms with E-state index in [1.807, 2.05) is 0 Å². The second-order valence-corrected chi connectivity index (χ2v) is 7.32. The number of hydrogen-bond acceptors (Lipinski definition) is 2. The maximum Gasteiger partial charge on any atom is 0.0458 e. The molecule has 1 N–H and O–H groups in total. The van der Waals surface area contributed by atoms with Crippen LogP contribution in [-0.2, 0) is 6.42 Å². The highest BCUT2D eigenvalue weighted by Crippen LogP contribution is 2.33. The van der Waals surface area contributed by atoms with E-state index in [9.17, 15) is 0 Å². The Kier molecular flexibility index (Phi) is 3.68. The van der Waals surface area contributed by atoms with Gasteiger partial charge in [0.1, 0.15) is 0 Å².